The molecule has 1 aliphatic rings. The molecule has 1 rings (SSSR count). The van der Waals surface area contributed by atoms with Gasteiger partial charge in [-0.05, 0) is 24.7 Å². The van der Waals surface area contributed by atoms with Crippen LogP contribution in [0.4, 0.5) is 0 Å². The van der Waals surface area contributed by atoms with Gasteiger partial charge >= 0.3 is 0 Å². The van der Waals surface area contributed by atoms with Crippen LogP contribution >= 0.6 is 23.4 Å². The largest absolute Gasteiger partial charge is 0.317 e. The van der Waals surface area contributed by atoms with Gasteiger partial charge in [-0.1, -0.05) is 6.92 Å². The molecule has 0 aromatic carbocycles. The lowest BCUT2D eigenvalue weighted by Crippen LogP contribution is -2.28. The highest BCUT2D eigenvalue weighted by atomic mass is 35.5. The Bertz CT molecular complexity index is 121. The fourth-order valence-electron chi connectivity index (χ4n) is 1.31. The fourth-order valence-corrected chi connectivity index (χ4v) is 1.88. The molecule has 11 heavy (non-hydrogen) atoms. The average molecular weight is 197 g/mol. The third-order valence-electron chi connectivity index (χ3n) is 2.03. The van der Waals surface area contributed by atoms with Gasteiger partial charge in [-0.2, -0.15) is 0 Å². The van der Waals surface area contributed by atoms with E-state index in [9.17, 15) is 0 Å². The Balaban J connectivity index is 2.24. The fraction of sp³-hybridized carbons (Fsp3) is 1.00. The minimum Gasteiger partial charge on any atom is -0.317 e. The van der Waals surface area contributed by atoms with Gasteiger partial charge in [-0.3, -0.25) is 0 Å². The Labute approximate surface area is 78.0 Å². The summed E-state index contributed by atoms with van der Waals surface area (Å²) in [7, 11) is 0. The van der Waals surface area contributed by atoms with E-state index in [2.05, 4.69) is 12.2 Å². The summed E-state index contributed by atoms with van der Waals surface area (Å²) in [6.07, 6.45) is 1.10. The van der Waals surface area contributed by atoms with Crippen molar-refractivity contribution in [3.63, 3.8) is 0 Å². The summed E-state index contributed by atoms with van der Waals surface area (Å²) in [6, 6.07) is 0. The lowest BCUT2D eigenvalue weighted by atomic mass is 10.1. The maximum atomic E-state index is 6.02. The molecule has 1 saturated heterocycles. The van der Waals surface area contributed by atoms with Crippen LogP contribution in [0.5, 0.6) is 0 Å². The molecule has 0 aromatic rings. The Morgan fingerprint density at radius 2 is 2.36 bits per heavy atom. The van der Waals surface area contributed by atoms with Gasteiger partial charge in [0.15, 0.2) is 0 Å². The SMILES string of the molecule is CCNCC1CCN(Cl)[C@@H]1Cl. The zero-order chi connectivity index (χ0) is 8.27. The summed E-state index contributed by atoms with van der Waals surface area (Å²) in [5, 5.41) is 3.27. The molecule has 0 aliphatic carbocycles. The van der Waals surface area contributed by atoms with Crippen molar-refractivity contribution in [2.24, 2.45) is 5.92 Å². The number of halogens is 2. The second kappa shape index (κ2) is 4.51. The number of hydrogen-bond acceptors (Lipinski definition) is 2. The Morgan fingerprint density at radius 3 is 2.82 bits per heavy atom. The number of nitrogens with one attached hydrogen (secondary N) is 1. The highest BCUT2D eigenvalue weighted by Crippen LogP contribution is 2.27. The van der Waals surface area contributed by atoms with E-state index in [0.29, 0.717) is 5.92 Å². The molecule has 1 heterocycles. The van der Waals surface area contributed by atoms with Crippen molar-refractivity contribution in [1.82, 2.24) is 9.74 Å². The normalized spacial score (nSPS) is 33.0. The van der Waals surface area contributed by atoms with Gasteiger partial charge in [-0.15, -0.1) is 11.6 Å². The molecule has 0 radical (unpaired) electrons. The molecular weight excluding hydrogens is 183 g/mol. The molecular formula is C7H14Cl2N2. The van der Waals surface area contributed by atoms with Crippen molar-refractivity contribution >= 4 is 23.4 Å². The zero-order valence-corrected chi connectivity index (χ0v) is 8.20. The van der Waals surface area contributed by atoms with E-state index in [1.807, 2.05) is 0 Å². The highest BCUT2D eigenvalue weighted by molar-refractivity contribution is 6.25. The first-order valence-electron chi connectivity index (χ1n) is 4.03. The lowest BCUT2D eigenvalue weighted by Gasteiger charge is -2.15. The molecule has 1 fully saturated rings. The van der Waals surface area contributed by atoms with Gasteiger partial charge in [0.2, 0.25) is 0 Å². The van der Waals surface area contributed by atoms with Crippen LogP contribution in [-0.4, -0.2) is 29.6 Å². The Kier molecular flexibility index (Phi) is 3.93. The third kappa shape index (κ3) is 2.48. The molecule has 66 valence electrons. The standard InChI is InChI=1S/C7H14Cl2N2/c1-2-10-5-6-3-4-11(9)7(6)8/h6-7,10H,2-5H2,1H3/t6?,7-/m0/s1. The number of nitrogens with zero attached hydrogens (tertiary/aromatic N) is 1. The smallest absolute Gasteiger partial charge is 0.103 e. The van der Waals surface area contributed by atoms with Gasteiger partial charge in [0, 0.05) is 19.0 Å². The average Bonchev–Trinajstić information content (AvgIpc) is 2.31. The van der Waals surface area contributed by atoms with Crippen molar-refractivity contribution in [2.45, 2.75) is 18.8 Å². The first-order chi connectivity index (χ1) is 5.25. The summed E-state index contributed by atoms with van der Waals surface area (Å²) in [5.41, 5.74) is 0.00992. The van der Waals surface area contributed by atoms with Gasteiger partial charge in [0.25, 0.3) is 0 Å². The van der Waals surface area contributed by atoms with Gasteiger partial charge in [0.1, 0.15) is 5.50 Å². The van der Waals surface area contributed by atoms with Crippen LogP contribution in [-0.2, 0) is 0 Å². The summed E-state index contributed by atoms with van der Waals surface area (Å²) in [5.74, 6) is 0.508. The van der Waals surface area contributed by atoms with Gasteiger partial charge in [0.05, 0.1) is 0 Å². The van der Waals surface area contributed by atoms with Crippen molar-refractivity contribution in [3.8, 4) is 0 Å². The third-order valence-corrected chi connectivity index (χ3v) is 3.10. The van der Waals surface area contributed by atoms with Gasteiger partial charge in [-0.25, -0.2) is 4.42 Å². The first kappa shape index (κ1) is 9.59. The van der Waals surface area contributed by atoms with Crippen LogP contribution in [0, 0.1) is 5.92 Å². The van der Waals surface area contributed by atoms with Crippen LogP contribution < -0.4 is 5.32 Å². The summed E-state index contributed by atoms with van der Waals surface area (Å²) in [6.45, 7) is 4.98. The number of alkyl halides is 1. The van der Waals surface area contributed by atoms with Crippen molar-refractivity contribution in [3.05, 3.63) is 0 Å². The number of rotatable bonds is 3. The topological polar surface area (TPSA) is 15.3 Å². The summed E-state index contributed by atoms with van der Waals surface area (Å²) < 4.78 is 1.68. The molecule has 1 N–H and O–H groups in total. The second-order valence-corrected chi connectivity index (χ2v) is 3.73. The minimum atomic E-state index is 0.00992. The van der Waals surface area contributed by atoms with Crippen LogP contribution in [0.3, 0.4) is 0 Å². The molecule has 2 atom stereocenters. The van der Waals surface area contributed by atoms with Crippen LogP contribution in [0.15, 0.2) is 0 Å². The van der Waals surface area contributed by atoms with Crippen molar-refractivity contribution in [1.29, 1.82) is 0 Å². The predicted octanol–water partition coefficient (Wildman–Crippen LogP) is 1.64. The Morgan fingerprint density at radius 1 is 1.64 bits per heavy atom. The highest BCUT2D eigenvalue weighted by Gasteiger charge is 2.30. The summed E-state index contributed by atoms with van der Waals surface area (Å²) in [4.78, 5) is 0. The van der Waals surface area contributed by atoms with Crippen molar-refractivity contribution in [2.75, 3.05) is 19.6 Å². The molecule has 2 nitrogen and oxygen atoms in total. The van der Waals surface area contributed by atoms with Crippen LogP contribution in [0.25, 0.3) is 0 Å². The maximum Gasteiger partial charge on any atom is 0.103 e. The zero-order valence-electron chi connectivity index (χ0n) is 6.69. The van der Waals surface area contributed by atoms with E-state index >= 15 is 0 Å². The molecule has 0 aromatic heterocycles. The molecule has 0 amide bonds. The molecule has 0 bridgehead atoms. The molecule has 0 saturated carbocycles. The van der Waals surface area contributed by atoms with Gasteiger partial charge < -0.3 is 5.32 Å². The monoisotopic (exact) mass is 196 g/mol. The lowest BCUT2D eigenvalue weighted by molar-refractivity contribution is 0.440. The maximum absolute atomic E-state index is 6.02. The van der Waals surface area contributed by atoms with E-state index in [1.54, 1.807) is 4.42 Å². The quantitative estimate of drug-likeness (QED) is 0.420. The van der Waals surface area contributed by atoms with E-state index in [-0.39, 0.29) is 5.50 Å². The van der Waals surface area contributed by atoms with Crippen LogP contribution in [0.1, 0.15) is 13.3 Å². The van der Waals surface area contributed by atoms with Crippen LogP contribution in [0.2, 0.25) is 0 Å². The minimum absolute atomic E-state index is 0.00992. The van der Waals surface area contributed by atoms with E-state index in [4.69, 9.17) is 23.4 Å². The Hall–Kier alpha value is 0.500. The summed E-state index contributed by atoms with van der Waals surface area (Å²) >= 11 is 11.8. The molecule has 1 aliphatic heterocycles. The van der Waals surface area contributed by atoms with E-state index in [0.717, 1.165) is 26.1 Å². The number of hydrogen-bond donors (Lipinski definition) is 1. The van der Waals surface area contributed by atoms with E-state index < -0.39 is 0 Å². The molecule has 4 heteroatoms. The predicted molar refractivity (Wildman–Crippen MR) is 48.9 cm³/mol. The van der Waals surface area contributed by atoms with E-state index in [1.165, 1.54) is 0 Å². The second-order valence-electron chi connectivity index (χ2n) is 2.85. The molecule has 0 spiro atoms. The van der Waals surface area contributed by atoms with Crippen molar-refractivity contribution < 1.29 is 0 Å². The molecule has 1 unspecified atom stereocenters. The first-order valence-corrected chi connectivity index (χ1v) is 4.80.